The maximum atomic E-state index is 12.9. The summed E-state index contributed by atoms with van der Waals surface area (Å²) in [6.45, 7) is 9.39. The lowest BCUT2D eigenvalue weighted by molar-refractivity contribution is 0.0950. The van der Waals surface area contributed by atoms with Gasteiger partial charge in [-0.25, -0.2) is 0 Å². The predicted molar refractivity (Wildman–Crippen MR) is 123 cm³/mol. The summed E-state index contributed by atoms with van der Waals surface area (Å²) in [5.74, 6) is 0.454. The number of hydrogen-bond acceptors (Lipinski definition) is 3. The number of rotatable bonds is 7. The highest BCUT2D eigenvalue weighted by Crippen LogP contribution is 2.27. The number of benzene rings is 2. The Morgan fingerprint density at radius 3 is 2.53 bits per heavy atom. The lowest BCUT2D eigenvalue weighted by Crippen LogP contribution is -2.24. The molecule has 3 rings (SSSR count). The van der Waals surface area contributed by atoms with Crippen molar-refractivity contribution in [2.45, 2.75) is 47.2 Å². The molecule has 0 atom stereocenters. The number of nitrogens with zero attached hydrogens (tertiary/aromatic N) is 1. The third kappa shape index (κ3) is 5.33. The molecule has 2 aromatic carbocycles. The van der Waals surface area contributed by atoms with Gasteiger partial charge in [0, 0.05) is 31.0 Å². The van der Waals surface area contributed by atoms with Crippen molar-refractivity contribution in [3.8, 4) is 11.1 Å². The molecule has 4 heteroatoms. The van der Waals surface area contributed by atoms with Gasteiger partial charge in [-0.15, -0.1) is 0 Å². The second-order valence-electron chi connectivity index (χ2n) is 8.38. The maximum absolute atomic E-state index is 12.9. The SMILES string of the molecule is Cc1cc(C(=O)NCc2cc(C)ccc2CN)cc(-c2ccncc2CC(C)C)c1. The molecule has 3 N–H and O–H groups in total. The van der Waals surface area contributed by atoms with E-state index in [1.807, 2.05) is 56.6 Å². The van der Waals surface area contributed by atoms with Gasteiger partial charge in [0.15, 0.2) is 0 Å². The van der Waals surface area contributed by atoms with Crippen molar-refractivity contribution in [1.29, 1.82) is 0 Å². The van der Waals surface area contributed by atoms with E-state index in [4.69, 9.17) is 5.73 Å². The lowest BCUT2D eigenvalue weighted by atomic mass is 9.93. The van der Waals surface area contributed by atoms with Crippen LogP contribution >= 0.6 is 0 Å². The number of nitrogens with one attached hydrogen (secondary N) is 1. The van der Waals surface area contributed by atoms with Gasteiger partial charge in [0.2, 0.25) is 0 Å². The molecule has 0 fully saturated rings. The smallest absolute Gasteiger partial charge is 0.251 e. The van der Waals surface area contributed by atoms with Crippen LogP contribution in [0.3, 0.4) is 0 Å². The minimum absolute atomic E-state index is 0.0797. The molecular weight excluding hydrogens is 370 g/mol. The first kappa shape index (κ1) is 21.7. The van der Waals surface area contributed by atoms with Crippen molar-refractivity contribution in [3.05, 3.63) is 88.2 Å². The highest BCUT2D eigenvalue weighted by molar-refractivity contribution is 5.95. The van der Waals surface area contributed by atoms with E-state index in [2.05, 4.69) is 36.3 Å². The Kier molecular flexibility index (Phi) is 7.01. The third-order valence-corrected chi connectivity index (χ3v) is 5.20. The Balaban J connectivity index is 1.86. The fraction of sp³-hybridized carbons (Fsp3) is 0.308. The molecule has 0 aliphatic heterocycles. The molecule has 0 saturated heterocycles. The maximum Gasteiger partial charge on any atom is 0.251 e. The number of pyridine rings is 1. The number of hydrogen-bond donors (Lipinski definition) is 2. The van der Waals surface area contributed by atoms with E-state index in [9.17, 15) is 4.79 Å². The molecule has 0 unspecified atom stereocenters. The Hall–Kier alpha value is -2.98. The first-order valence-electron chi connectivity index (χ1n) is 10.5. The quantitative estimate of drug-likeness (QED) is 0.588. The van der Waals surface area contributed by atoms with Gasteiger partial charge in [-0.2, -0.15) is 0 Å². The van der Waals surface area contributed by atoms with Crippen molar-refractivity contribution < 1.29 is 4.79 Å². The number of carbonyl (C=O) groups excluding carboxylic acids is 1. The molecule has 0 radical (unpaired) electrons. The highest BCUT2D eigenvalue weighted by atomic mass is 16.1. The van der Waals surface area contributed by atoms with Crippen LogP contribution in [0.5, 0.6) is 0 Å². The van der Waals surface area contributed by atoms with Gasteiger partial charge in [0.1, 0.15) is 0 Å². The minimum atomic E-state index is -0.0797. The fourth-order valence-corrected chi connectivity index (χ4v) is 3.78. The summed E-state index contributed by atoms with van der Waals surface area (Å²) in [6.07, 6.45) is 4.70. The number of aromatic nitrogens is 1. The molecule has 0 aliphatic carbocycles. The number of amides is 1. The summed E-state index contributed by atoms with van der Waals surface area (Å²) >= 11 is 0. The van der Waals surface area contributed by atoms with Crippen molar-refractivity contribution in [2.24, 2.45) is 11.7 Å². The number of carbonyl (C=O) groups is 1. The average Bonchev–Trinajstić information content (AvgIpc) is 2.71. The monoisotopic (exact) mass is 401 g/mol. The van der Waals surface area contributed by atoms with Crippen LogP contribution in [-0.4, -0.2) is 10.9 Å². The van der Waals surface area contributed by atoms with Crippen LogP contribution < -0.4 is 11.1 Å². The van der Waals surface area contributed by atoms with Crippen LogP contribution in [-0.2, 0) is 19.5 Å². The molecule has 4 nitrogen and oxygen atoms in total. The zero-order valence-electron chi connectivity index (χ0n) is 18.3. The van der Waals surface area contributed by atoms with E-state index in [1.165, 1.54) is 5.56 Å². The third-order valence-electron chi connectivity index (χ3n) is 5.20. The second-order valence-corrected chi connectivity index (χ2v) is 8.38. The van der Waals surface area contributed by atoms with E-state index in [0.717, 1.165) is 39.8 Å². The van der Waals surface area contributed by atoms with Gasteiger partial charge in [0.25, 0.3) is 5.91 Å². The van der Waals surface area contributed by atoms with Crippen LogP contribution in [0.2, 0.25) is 0 Å². The van der Waals surface area contributed by atoms with E-state index >= 15 is 0 Å². The standard InChI is InChI=1S/C26H31N3O/c1-17(2)9-24-15-28-8-7-25(24)21-11-19(4)12-22(13-21)26(30)29-16-23-10-18(3)5-6-20(23)14-27/h5-8,10-13,15,17H,9,14,16,27H2,1-4H3,(H,29,30). The largest absolute Gasteiger partial charge is 0.348 e. The normalized spacial score (nSPS) is 11.0. The zero-order valence-corrected chi connectivity index (χ0v) is 18.3. The number of nitrogens with two attached hydrogens (primary N) is 1. The van der Waals surface area contributed by atoms with Crippen LogP contribution in [0.4, 0.5) is 0 Å². The van der Waals surface area contributed by atoms with Gasteiger partial charge in [-0.1, -0.05) is 43.7 Å². The van der Waals surface area contributed by atoms with E-state index in [-0.39, 0.29) is 5.91 Å². The molecule has 0 saturated carbocycles. The second kappa shape index (κ2) is 9.68. The summed E-state index contributed by atoms with van der Waals surface area (Å²) in [5, 5.41) is 3.06. The fourth-order valence-electron chi connectivity index (χ4n) is 3.78. The summed E-state index contributed by atoms with van der Waals surface area (Å²) < 4.78 is 0. The van der Waals surface area contributed by atoms with Crippen LogP contribution in [0.1, 0.15) is 52.0 Å². The van der Waals surface area contributed by atoms with Crippen molar-refractivity contribution in [2.75, 3.05) is 0 Å². The Labute approximate surface area is 179 Å². The Morgan fingerprint density at radius 1 is 1.00 bits per heavy atom. The van der Waals surface area contributed by atoms with E-state index < -0.39 is 0 Å². The van der Waals surface area contributed by atoms with Crippen LogP contribution in [0.25, 0.3) is 11.1 Å². The van der Waals surface area contributed by atoms with Gasteiger partial charge in [-0.3, -0.25) is 9.78 Å². The van der Waals surface area contributed by atoms with Crippen molar-refractivity contribution in [1.82, 2.24) is 10.3 Å². The minimum Gasteiger partial charge on any atom is -0.348 e. The number of aryl methyl sites for hydroxylation is 2. The Morgan fingerprint density at radius 2 is 1.80 bits per heavy atom. The average molecular weight is 402 g/mol. The van der Waals surface area contributed by atoms with Crippen LogP contribution in [0, 0.1) is 19.8 Å². The van der Waals surface area contributed by atoms with E-state index in [1.54, 1.807) is 0 Å². The molecule has 1 aromatic heterocycles. The first-order valence-corrected chi connectivity index (χ1v) is 10.5. The zero-order chi connectivity index (χ0) is 21.7. The molecule has 30 heavy (non-hydrogen) atoms. The van der Waals surface area contributed by atoms with Gasteiger partial charge >= 0.3 is 0 Å². The van der Waals surface area contributed by atoms with Crippen molar-refractivity contribution in [3.63, 3.8) is 0 Å². The molecule has 0 bridgehead atoms. The molecule has 0 aliphatic rings. The topological polar surface area (TPSA) is 68.0 Å². The molecule has 3 aromatic rings. The Bertz CT molecular complexity index is 1040. The lowest BCUT2D eigenvalue weighted by Gasteiger charge is -2.14. The van der Waals surface area contributed by atoms with Gasteiger partial charge in [0.05, 0.1) is 0 Å². The molecule has 156 valence electrons. The van der Waals surface area contributed by atoms with Crippen molar-refractivity contribution >= 4 is 5.91 Å². The molecule has 0 spiro atoms. The van der Waals surface area contributed by atoms with Crippen LogP contribution in [0.15, 0.2) is 54.9 Å². The molecule has 1 heterocycles. The summed E-state index contributed by atoms with van der Waals surface area (Å²) in [6, 6.07) is 14.2. The summed E-state index contributed by atoms with van der Waals surface area (Å²) in [5.41, 5.74) is 14.3. The highest BCUT2D eigenvalue weighted by Gasteiger charge is 2.13. The van der Waals surface area contributed by atoms with E-state index in [0.29, 0.717) is 24.6 Å². The summed E-state index contributed by atoms with van der Waals surface area (Å²) in [4.78, 5) is 17.2. The van der Waals surface area contributed by atoms with Gasteiger partial charge in [-0.05, 0) is 77.8 Å². The molecular formula is C26H31N3O. The molecule has 1 amide bonds. The summed E-state index contributed by atoms with van der Waals surface area (Å²) in [7, 11) is 0. The predicted octanol–water partition coefficient (Wildman–Crippen LogP) is 4.95. The first-order chi connectivity index (χ1) is 14.4. The van der Waals surface area contributed by atoms with Gasteiger partial charge < -0.3 is 11.1 Å².